The molecule has 0 bridgehead atoms. The van der Waals surface area contributed by atoms with Crippen LogP contribution >= 0.6 is 0 Å². The van der Waals surface area contributed by atoms with Crippen LogP contribution in [0, 0.1) is 6.92 Å². The number of rotatable bonds is 6. The van der Waals surface area contributed by atoms with E-state index in [1.54, 1.807) is 31.1 Å². The Balaban J connectivity index is 1.46. The number of piperazine rings is 1. The van der Waals surface area contributed by atoms with E-state index >= 15 is 0 Å². The van der Waals surface area contributed by atoms with Crippen molar-refractivity contribution in [3.63, 3.8) is 0 Å². The molecule has 4 rings (SSSR count). The van der Waals surface area contributed by atoms with Crippen molar-refractivity contribution in [1.82, 2.24) is 9.21 Å². The fourth-order valence-electron chi connectivity index (χ4n) is 4.58. The quantitative estimate of drug-likeness (QED) is 0.642. The summed E-state index contributed by atoms with van der Waals surface area (Å²) in [5.74, 6) is 1.18. The lowest BCUT2D eigenvalue weighted by Gasteiger charge is -2.38. The van der Waals surface area contributed by atoms with Crippen molar-refractivity contribution < 1.29 is 22.7 Å². The maximum atomic E-state index is 13.5. The summed E-state index contributed by atoms with van der Waals surface area (Å²) < 4.78 is 38.8. The highest BCUT2D eigenvalue weighted by Gasteiger charge is 2.42. The molecule has 178 valence electrons. The molecule has 0 spiro atoms. The first-order valence-electron chi connectivity index (χ1n) is 11.2. The second kappa shape index (κ2) is 9.61. The van der Waals surface area contributed by atoms with Crippen LogP contribution in [0.5, 0.6) is 11.5 Å². The Morgan fingerprint density at radius 1 is 0.909 bits per heavy atom. The summed E-state index contributed by atoms with van der Waals surface area (Å²) in [5.41, 5.74) is 1.73. The molecule has 2 heterocycles. The number of ether oxygens (including phenoxy) is 2. The molecule has 0 aliphatic carbocycles. The number of benzene rings is 2. The van der Waals surface area contributed by atoms with Gasteiger partial charge in [-0.1, -0.05) is 6.07 Å². The van der Waals surface area contributed by atoms with Gasteiger partial charge in [-0.25, -0.2) is 8.42 Å². The largest absolute Gasteiger partial charge is 0.497 e. The van der Waals surface area contributed by atoms with E-state index < -0.39 is 16.1 Å². The molecule has 2 aliphatic heterocycles. The first-order valence-corrected chi connectivity index (χ1v) is 12.6. The van der Waals surface area contributed by atoms with Crippen molar-refractivity contribution in [2.24, 2.45) is 0 Å². The van der Waals surface area contributed by atoms with Gasteiger partial charge in [0.1, 0.15) is 17.5 Å². The van der Waals surface area contributed by atoms with Crippen molar-refractivity contribution in [2.45, 2.75) is 30.7 Å². The fourth-order valence-corrected chi connectivity index (χ4v) is 6.47. The number of nitrogens with zero attached hydrogens (tertiary/aromatic N) is 3. The minimum absolute atomic E-state index is 0.106. The molecule has 2 aliphatic rings. The molecular weight excluding hydrogens is 442 g/mol. The third kappa shape index (κ3) is 4.65. The van der Waals surface area contributed by atoms with Gasteiger partial charge in [-0.05, 0) is 55.7 Å². The number of methoxy groups -OCH3 is 2. The van der Waals surface area contributed by atoms with Crippen LogP contribution in [-0.2, 0) is 14.8 Å². The Labute approximate surface area is 195 Å². The molecule has 2 aromatic carbocycles. The van der Waals surface area contributed by atoms with E-state index in [2.05, 4.69) is 4.90 Å². The first-order chi connectivity index (χ1) is 15.8. The predicted octanol–water partition coefficient (Wildman–Crippen LogP) is 2.51. The average Bonchev–Trinajstić information content (AvgIpc) is 3.35. The Morgan fingerprint density at radius 3 is 2.18 bits per heavy atom. The summed E-state index contributed by atoms with van der Waals surface area (Å²) in [7, 11) is -0.663. The van der Waals surface area contributed by atoms with E-state index in [0.29, 0.717) is 56.9 Å². The average molecular weight is 474 g/mol. The molecule has 33 heavy (non-hydrogen) atoms. The van der Waals surface area contributed by atoms with Crippen LogP contribution in [0.2, 0.25) is 0 Å². The number of sulfonamides is 1. The van der Waals surface area contributed by atoms with Crippen molar-refractivity contribution in [1.29, 1.82) is 0 Å². The Bertz CT molecular complexity index is 1100. The van der Waals surface area contributed by atoms with Gasteiger partial charge in [0.2, 0.25) is 15.9 Å². The van der Waals surface area contributed by atoms with E-state index in [9.17, 15) is 13.2 Å². The Kier molecular flexibility index (Phi) is 6.81. The highest BCUT2D eigenvalue weighted by atomic mass is 32.2. The maximum absolute atomic E-state index is 13.5. The van der Waals surface area contributed by atoms with Gasteiger partial charge in [0, 0.05) is 44.5 Å². The zero-order chi connectivity index (χ0) is 23.6. The second-order valence-electron chi connectivity index (χ2n) is 8.42. The summed E-state index contributed by atoms with van der Waals surface area (Å²) >= 11 is 0. The maximum Gasteiger partial charge on any atom is 0.244 e. The number of hydrogen-bond donors (Lipinski definition) is 0. The van der Waals surface area contributed by atoms with Gasteiger partial charge in [-0.3, -0.25) is 4.79 Å². The summed E-state index contributed by atoms with van der Waals surface area (Å²) in [6, 6.07) is 12.2. The van der Waals surface area contributed by atoms with Gasteiger partial charge in [-0.2, -0.15) is 4.31 Å². The third-order valence-corrected chi connectivity index (χ3v) is 8.55. The normalized spacial score (nSPS) is 19.5. The first kappa shape index (κ1) is 23.4. The SMILES string of the molecule is COc1ccc(N2CCN(C(=O)[C@@H]3CCCN3S(=O)(=O)c3cc(OC)ccc3C)CC2)cc1. The van der Waals surface area contributed by atoms with E-state index in [1.165, 1.54) is 17.5 Å². The number of carbonyl (C=O) groups excluding carboxylic acids is 1. The third-order valence-electron chi connectivity index (χ3n) is 6.50. The molecule has 2 saturated heterocycles. The molecule has 2 aromatic rings. The van der Waals surface area contributed by atoms with E-state index in [1.807, 2.05) is 24.3 Å². The number of hydrogen-bond acceptors (Lipinski definition) is 6. The molecule has 1 amide bonds. The molecule has 1 atom stereocenters. The predicted molar refractivity (Wildman–Crippen MR) is 126 cm³/mol. The standard InChI is InChI=1S/C24H31N3O5S/c1-18-6-9-21(32-3)17-23(18)33(29,30)27-12-4-5-22(27)24(28)26-15-13-25(14-16-26)19-7-10-20(31-2)11-8-19/h6-11,17,22H,4-5,12-16H2,1-3H3/t22-/m0/s1. The Hall–Kier alpha value is -2.78. The number of anilines is 1. The summed E-state index contributed by atoms with van der Waals surface area (Å²) in [6.45, 7) is 4.64. The van der Waals surface area contributed by atoms with Crippen LogP contribution in [0.15, 0.2) is 47.4 Å². The monoisotopic (exact) mass is 473 g/mol. The second-order valence-corrected chi connectivity index (χ2v) is 10.3. The number of carbonyl (C=O) groups is 1. The van der Waals surface area contributed by atoms with Gasteiger partial charge in [0.25, 0.3) is 0 Å². The van der Waals surface area contributed by atoms with E-state index in [4.69, 9.17) is 9.47 Å². The summed E-state index contributed by atoms with van der Waals surface area (Å²) in [5, 5.41) is 0. The van der Waals surface area contributed by atoms with Crippen LogP contribution < -0.4 is 14.4 Å². The summed E-state index contributed by atoms with van der Waals surface area (Å²) in [6.07, 6.45) is 1.21. The number of aryl methyl sites for hydroxylation is 1. The molecule has 0 radical (unpaired) electrons. The molecule has 0 unspecified atom stereocenters. The lowest BCUT2D eigenvalue weighted by Crippen LogP contribution is -2.54. The smallest absolute Gasteiger partial charge is 0.244 e. The van der Waals surface area contributed by atoms with Crippen LogP contribution in [-0.4, -0.2) is 76.5 Å². The lowest BCUT2D eigenvalue weighted by atomic mass is 10.1. The molecule has 0 aromatic heterocycles. The van der Waals surface area contributed by atoms with Crippen LogP contribution in [0.25, 0.3) is 0 Å². The van der Waals surface area contributed by atoms with Crippen molar-refractivity contribution in [2.75, 3.05) is 51.8 Å². The topological polar surface area (TPSA) is 79.4 Å². The van der Waals surface area contributed by atoms with Crippen LogP contribution in [0.4, 0.5) is 5.69 Å². The summed E-state index contributed by atoms with van der Waals surface area (Å²) in [4.78, 5) is 17.6. The van der Waals surface area contributed by atoms with Gasteiger partial charge in [0.15, 0.2) is 0 Å². The molecule has 0 saturated carbocycles. The zero-order valence-electron chi connectivity index (χ0n) is 19.4. The minimum Gasteiger partial charge on any atom is -0.497 e. The molecule has 8 nitrogen and oxygen atoms in total. The van der Waals surface area contributed by atoms with Crippen molar-refractivity contribution in [3.05, 3.63) is 48.0 Å². The molecule has 2 fully saturated rings. The minimum atomic E-state index is -3.81. The van der Waals surface area contributed by atoms with E-state index in [0.717, 1.165) is 11.4 Å². The zero-order valence-corrected chi connectivity index (χ0v) is 20.2. The highest BCUT2D eigenvalue weighted by Crippen LogP contribution is 2.31. The van der Waals surface area contributed by atoms with Gasteiger partial charge in [0.05, 0.1) is 19.1 Å². The van der Waals surface area contributed by atoms with E-state index in [-0.39, 0.29) is 10.8 Å². The van der Waals surface area contributed by atoms with Crippen molar-refractivity contribution >= 4 is 21.6 Å². The molecular formula is C24H31N3O5S. The molecule has 0 N–H and O–H groups in total. The van der Waals surface area contributed by atoms with Crippen molar-refractivity contribution in [3.8, 4) is 11.5 Å². The van der Waals surface area contributed by atoms with Crippen LogP contribution in [0.3, 0.4) is 0 Å². The van der Waals surface area contributed by atoms with Crippen LogP contribution in [0.1, 0.15) is 18.4 Å². The lowest BCUT2D eigenvalue weighted by molar-refractivity contribution is -0.134. The molecule has 9 heteroatoms. The highest BCUT2D eigenvalue weighted by molar-refractivity contribution is 7.89. The number of amides is 1. The fraction of sp³-hybridized carbons (Fsp3) is 0.458. The van der Waals surface area contributed by atoms with Gasteiger partial charge < -0.3 is 19.3 Å². The van der Waals surface area contributed by atoms with Gasteiger partial charge >= 0.3 is 0 Å². The van der Waals surface area contributed by atoms with Gasteiger partial charge in [-0.15, -0.1) is 0 Å². The Morgan fingerprint density at radius 2 is 1.55 bits per heavy atom.